The molecule has 3 N–H and O–H groups in total. The van der Waals surface area contributed by atoms with Crippen LogP contribution in [0.4, 0.5) is 5.69 Å². The van der Waals surface area contributed by atoms with Gasteiger partial charge in [0.2, 0.25) is 5.91 Å². The first kappa shape index (κ1) is 16.3. The summed E-state index contributed by atoms with van der Waals surface area (Å²) in [6.07, 6.45) is 0. The number of carbonyl (C=O) groups excluding carboxylic acids is 2. The number of hydrogen-bond donors (Lipinski definition) is 2. The smallest absolute Gasteiger partial charge is 0.256 e. The number of nitrogens with two attached hydrogens (primary N) is 1. The third kappa shape index (κ3) is 3.96. The van der Waals surface area contributed by atoms with E-state index in [4.69, 9.17) is 17.3 Å². The predicted octanol–water partition coefficient (Wildman–Crippen LogP) is 4.06. The lowest BCUT2D eigenvalue weighted by Crippen LogP contribution is -2.15. The quantitative estimate of drug-likeness (QED) is 0.652. The molecule has 0 atom stereocenters. The molecule has 0 saturated carbocycles. The van der Waals surface area contributed by atoms with Gasteiger partial charge < -0.3 is 11.1 Å². The highest BCUT2D eigenvalue weighted by Crippen LogP contribution is 2.23. The van der Waals surface area contributed by atoms with Gasteiger partial charge in [0.1, 0.15) is 0 Å². The summed E-state index contributed by atoms with van der Waals surface area (Å²) >= 11 is 11.3. The highest BCUT2D eigenvalue weighted by Gasteiger charge is 2.13. The van der Waals surface area contributed by atoms with E-state index in [1.807, 2.05) is 6.07 Å². The van der Waals surface area contributed by atoms with Crippen molar-refractivity contribution < 1.29 is 9.59 Å². The second-order valence-corrected chi connectivity index (χ2v) is 6.64. The number of nitrogens with one attached hydrogen (secondary N) is 1. The van der Waals surface area contributed by atoms with Crippen molar-refractivity contribution in [1.82, 2.24) is 0 Å². The molecule has 0 aliphatic rings. The lowest BCUT2D eigenvalue weighted by molar-refractivity contribution is 0.0996. The van der Waals surface area contributed by atoms with Crippen LogP contribution in [0, 0.1) is 3.57 Å². The van der Waals surface area contributed by atoms with Crippen molar-refractivity contribution in [2.45, 2.75) is 0 Å². The first-order chi connectivity index (χ1) is 9.88. The number of benzene rings is 2. The SMILES string of the molecule is NC(=O)c1cc(NC(=O)c2cc(I)ccc2Br)ccc1Cl. The van der Waals surface area contributed by atoms with Gasteiger partial charge in [0.25, 0.3) is 5.91 Å². The number of amides is 2. The van der Waals surface area contributed by atoms with Gasteiger partial charge in [-0.3, -0.25) is 9.59 Å². The Morgan fingerprint density at radius 1 is 1.14 bits per heavy atom. The van der Waals surface area contributed by atoms with Gasteiger partial charge in [-0.15, -0.1) is 0 Å². The number of rotatable bonds is 3. The van der Waals surface area contributed by atoms with Crippen LogP contribution >= 0.6 is 50.1 Å². The molecule has 0 fully saturated rings. The molecule has 0 heterocycles. The van der Waals surface area contributed by atoms with Crippen LogP contribution in [-0.4, -0.2) is 11.8 Å². The van der Waals surface area contributed by atoms with Gasteiger partial charge >= 0.3 is 0 Å². The molecular formula is C14H9BrClIN2O2. The Morgan fingerprint density at radius 2 is 1.86 bits per heavy atom. The fourth-order valence-electron chi connectivity index (χ4n) is 1.66. The monoisotopic (exact) mass is 478 g/mol. The maximum Gasteiger partial charge on any atom is 0.256 e. The molecule has 7 heteroatoms. The molecule has 0 aromatic heterocycles. The van der Waals surface area contributed by atoms with E-state index in [0.717, 1.165) is 3.57 Å². The summed E-state index contributed by atoms with van der Waals surface area (Å²) in [6, 6.07) is 10.0. The third-order valence-corrected chi connectivity index (χ3v) is 4.35. The zero-order valence-corrected chi connectivity index (χ0v) is 15.0. The predicted molar refractivity (Wildman–Crippen MR) is 94.8 cm³/mol. The lowest BCUT2D eigenvalue weighted by atomic mass is 10.1. The molecule has 2 aromatic carbocycles. The maximum absolute atomic E-state index is 12.3. The summed E-state index contributed by atoms with van der Waals surface area (Å²) in [5.41, 5.74) is 6.33. The van der Waals surface area contributed by atoms with Crippen molar-refractivity contribution in [3.05, 3.63) is 60.6 Å². The molecule has 0 aliphatic carbocycles. The highest BCUT2D eigenvalue weighted by molar-refractivity contribution is 14.1. The van der Waals surface area contributed by atoms with Crippen LogP contribution in [0.2, 0.25) is 5.02 Å². The minimum Gasteiger partial charge on any atom is -0.366 e. The molecule has 108 valence electrons. The van der Waals surface area contributed by atoms with Gasteiger partial charge in [0.15, 0.2) is 0 Å². The molecule has 0 aliphatic heterocycles. The Kier molecular flexibility index (Phi) is 5.23. The number of halogens is 3. The van der Waals surface area contributed by atoms with Gasteiger partial charge in [-0.1, -0.05) is 11.6 Å². The number of carbonyl (C=O) groups is 2. The summed E-state index contributed by atoms with van der Waals surface area (Å²) < 4.78 is 1.62. The van der Waals surface area contributed by atoms with E-state index in [2.05, 4.69) is 43.8 Å². The molecular weight excluding hydrogens is 470 g/mol. The number of hydrogen-bond acceptors (Lipinski definition) is 2. The average Bonchev–Trinajstić information content (AvgIpc) is 2.43. The van der Waals surface area contributed by atoms with Crippen molar-refractivity contribution in [1.29, 1.82) is 0 Å². The minimum atomic E-state index is -0.647. The molecule has 0 unspecified atom stereocenters. The molecule has 0 spiro atoms. The molecule has 2 rings (SSSR count). The summed E-state index contributed by atoms with van der Waals surface area (Å²) in [6.45, 7) is 0. The molecule has 0 bridgehead atoms. The van der Waals surface area contributed by atoms with Crippen molar-refractivity contribution in [3.8, 4) is 0 Å². The van der Waals surface area contributed by atoms with Crippen LogP contribution in [0.15, 0.2) is 40.9 Å². The van der Waals surface area contributed by atoms with Crippen LogP contribution in [0.5, 0.6) is 0 Å². The van der Waals surface area contributed by atoms with Crippen LogP contribution < -0.4 is 11.1 Å². The maximum atomic E-state index is 12.3. The van der Waals surface area contributed by atoms with E-state index in [-0.39, 0.29) is 16.5 Å². The van der Waals surface area contributed by atoms with Crippen molar-refractivity contribution >= 4 is 67.6 Å². The van der Waals surface area contributed by atoms with E-state index in [0.29, 0.717) is 15.7 Å². The van der Waals surface area contributed by atoms with E-state index in [1.165, 1.54) is 12.1 Å². The van der Waals surface area contributed by atoms with Gasteiger partial charge in [-0.05, 0) is 74.9 Å². The first-order valence-electron chi connectivity index (χ1n) is 5.74. The van der Waals surface area contributed by atoms with E-state index in [1.54, 1.807) is 18.2 Å². The van der Waals surface area contributed by atoms with Gasteiger partial charge in [-0.25, -0.2) is 0 Å². The Hall–Kier alpha value is -1.12. The molecule has 4 nitrogen and oxygen atoms in total. The van der Waals surface area contributed by atoms with Gasteiger partial charge in [0.05, 0.1) is 16.1 Å². The fraction of sp³-hybridized carbons (Fsp3) is 0. The Morgan fingerprint density at radius 3 is 2.52 bits per heavy atom. The second kappa shape index (κ2) is 6.76. The van der Waals surface area contributed by atoms with E-state index < -0.39 is 5.91 Å². The van der Waals surface area contributed by atoms with Crippen molar-refractivity contribution in [3.63, 3.8) is 0 Å². The summed E-state index contributed by atoms with van der Waals surface area (Å²) in [5.74, 6) is -0.940. The number of anilines is 1. The second-order valence-electron chi connectivity index (χ2n) is 4.14. The van der Waals surface area contributed by atoms with Crippen molar-refractivity contribution in [2.24, 2.45) is 5.73 Å². The lowest BCUT2D eigenvalue weighted by Gasteiger charge is -2.09. The van der Waals surface area contributed by atoms with Crippen LogP contribution in [0.1, 0.15) is 20.7 Å². The first-order valence-corrected chi connectivity index (χ1v) is 7.99. The molecule has 0 radical (unpaired) electrons. The molecule has 2 amide bonds. The highest BCUT2D eigenvalue weighted by atomic mass is 127. The van der Waals surface area contributed by atoms with E-state index in [9.17, 15) is 9.59 Å². The van der Waals surface area contributed by atoms with Gasteiger partial charge in [-0.2, -0.15) is 0 Å². The minimum absolute atomic E-state index is 0.163. The van der Waals surface area contributed by atoms with Crippen molar-refractivity contribution in [2.75, 3.05) is 5.32 Å². The van der Waals surface area contributed by atoms with Gasteiger partial charge in [0, 0.05) is 13.7 Å². The zero-order valence-electron chi connectivity index (χ0n) is 10.5. The molecule has 0 saturated heterocycles. The molecule has 21 heavy (non-hydrogen) atoms. The molecule has 2 aromatic rings. The average molecular weight is 479 g/mol. The zero-order chi connectivity index (χ0) is 15.6. The fourth-order valence-corrected chi connectivity index (χ4v) is 2.79. The van der Waals surface area contributed by atoms with Crippen LogP contribution in [0.3, 0.4) is 0 Å². The summed E-state index contributed by atoms with van der Waals surface area (Å²) in [4.78, 5) is 23.5. The third-order valence-electron chi connectivity index (χ3n) is 2.66. The topological polar surface area (TPSA) is 72.2 Å². The largest absolute Gasteiger partial charge is 0.366 e. The standard InChI is InChI=1S/C14H9BrClIN2O2/c15-11-3-1-7(17)5-9(11)14(21)19-8-2-4-12(16)10(6-8)13(18)20/h1-6H,(H2,18,20)(H,19,21). The Bertz CT molecular complexity index is 737. The van der Waals surface area contributed by atoms with Crippen LogP contribution in [0.25, 0.3) is 0 Å². The normalized spacial score (nSPS) is 10.2. The number of primary amides is 1. The summed E-state index contributed by atoms with van der Waals surface area (Å²) in [7, 11) is 0. The Balaban J connectivity index is 2.29. The van der Waals surface area contributed by atoms with E-state index >= 15 is 0 Å². The summed E-state index contributed by atoms with van der Waals surface area (Å²) in [5, 5.41) is 2.96. The van der Waals surface area contributed by atoms with Crippen LogP contribution in [-0.2, 0) is 0 Å². The Labute approximate surface area is 148 Å².